The zero-order valence-electron chi connectivity index (χ0n) is 14.8. The number of hydrogen-bond donors (Lipinski definition) is 1. The van der Waals surface area contributed by atoms with Crippen molar-refractivity contribution >= 4 is 17.3 Å². The number of nitrogens with zero attached hydrogens (tertiary/aromatic N) is 1. The third kappa shape index (κ3) is 4.56. The summed E-state index contributed by atoms with van der Waals surface area (Å²) in [6.45, 7) is 7.73. The van der Waals surface area contributed by atoms with Crippen molar-refractivity contribution in [2.75, 3.05) is 5.32 Å². The summed E-state index contributed by atoms with van der Waals surface area (Å²) in [5.74, 6) is 0.415. The summed E-state index contributed by atoms with van der Waals surface area (Å²) in [5, 5.41) is 13.6. The van der Waals surface area contributed by atoms with E-state index in [4.69, 9.17) is 4.74 Å². The van der Waals surface area contributed by atoms with Gasteiger partial charge < -0.3 is 10.1 Å². The first-order valence-corrected chi connectivity index (χ1v) is 8.11. The van der Waals surface area contributed by atoms with Gasteiger partial charge in [-0.25, -0.2) is 0 Å². The molecule has 0 heterocycles. The van der Waals surface area contributed by atoms with Crippen LogP contribution in [0.15, 0.2) is 42.5 Å². The van der Waals surface area contributed by atoms with Crippen LogP contribution in [0.3, 0.4) is 0 Å². The maximum Gasteiger partial charge on any atom is 0.269 e. The van der Waals surface area contributed by atoms with E-state index in [9.17, 15) is 14.9 Å². The first-order valence-electron chi connectivity index (χ1n) is 8.11. The number of amides is 1. The highest BCUT2D eigenvalue weighted by Crippen LogP contribution is 2.27. The number of hydrogen-bond acceptors (Lipinski definition) is 4. The molecule has 0 spiro atoms. The van der Waals surface area contributed by atoms with E-state index in [0.717, 1.165) is 16.8 Å². The number of para-hydroxylation sites is 1. The molecule has 2 rings (SSSR count). The minimum Gasteiger partial charge on any atom is -0.481 e. The third-order valence-corrected chi connectivity index (χ3v) is 3.90. The van der Waals surface area contributed by atoms with Gasteiger partial charge in [0, 0.05) is 17.8 Å². The van der Waals surface area contributed by atoms with Crippen molar-refractivity contribution in [3.8, 4) is 5.75 Å². The fraction of sp³-hybridized carbons (Fsp3) is 0.316. The van der Waals surface area contributed by atoms with E-state index in [0.29, 0.717) is 5.75 Å². The second kappa shape index (κ2) is 7.79. The molecular weight excluding hydrogens is 320 g/mol. The number of benzene rings is 2. The lowest BCUT2D eigenvalue weighted by Crippen LogP contribution is -2.30. The van der Waals surface area contributed by atoms with Gasteiger partial charge in [-0.1, -0.05) is 32.0 Å². The molecule has 0 saturated carbocycles. The van der Waals surface area contributed by atoms with Gasteiger partial charge in [0.25, 0.3) is 11.6 Å². The molecule has 25 heavy (non-hydrogen) atoms. The van der Waals surface area contributed by atoms with Crippen molar-refractivity contribution in [1.82, 2.24) is 0 Å². The summed E-state index contributed by atoms with van der Waals surface area (Å²) in [6.07, 6.45) is -0.735. The number of nitro benzene ring substituents is 1. The molecule has 0 saturated heterocycles. The molecule has 2 aromatic rings. The van der Waals surface area contributed by atoms with Crippen molar-refractivity contribution in [3.63, 3.8) is 0 Å². The molecule has 2 aromatic carbocycles. The largest absolute Gasteiger partial charge is 0.481 e. The second-order valence-corrected chi connectivity index (χ2v) is 6.19. The van der Waals surface area contributed by atoms with Crippen LogP contribution in [0, 0.1) is 17.0 Å². The Kier molecular flexibility index (Phi) is 5.75. The highest BCUT2D eigenvalue weighted by molar-refractivity contribution is 5.95. The fourth-order valence-electron chi connectivity index (χ4n) is 2.47. The van der Waals surface area contributed by atoms with Crippen molar-refractivity contribution in [2.45, 2.75) is 39.7 Å². The van der Waals surface area contributed by atoms with Gasteiger partial charge in [0.15, 0.2) is 6.10 Å². The lowest BCUT2D eigenvalue weighted by atomic mass is 9.98. The molecule has 0 aromatic heterocycles. The Labute approximate surface area is 147 Å². The molecule has 1 N–H and O–H groups in total. The average Bonchev–Trinajstić information content (AvgIpc) is 2.56. The van der Waals surface area contributed by atoms with E-state index >= 15 is 0 Å². The predicted octanol–water partition coefficient (Wildman–Crippen LogP) is 4.43. The minimum atomic E-state index is -0.735. The molecule has 6 nitrogen and oxygen atoms in total. The number of carbonyl (C=O) groups is 1. The second-order valence-electron chi connectivity index (χ2n) is 6.19. The van der Waals surface area contributed by atoms with E-state index in [2.05, 4.69) is 19.2 Å². The monoisotopic (exact) mass is 342 g/mol. The lowest BCUT2D eigenvalue weighted by molar-refractivity contribution is -0.384. The molecule has 1 amide bonds. The summed E-state index contributed by atoms with van der Waals surface area (Å²) in [7, 11) is 0. The molecule has 0 aliphatic rings. The van der Waals surface area contributed by atoms with Crippen LogP contribution in [0.4, 0.5) is 11.4 Å². The molecule has 1 atom stereocenters. The molecule has 0 unspecified atom stereocenters. The van der Waals surface area contributed by atoms with Gasteiger partial charge in [0.2, 0.25) is 0 Å². The Morgan fingerprint density at radius 3 is 2.32 bits per heavy atom. The lowest BCUT2D eigenvalue weighted by Gasteiger charge is -2.19. The van der Waals surface area contributed by atoms with E-state index in [1.165, 1.54) is 24.3 Å². The summed E-state index contributed by atoms with van der Waals surface area (Å²) in [4.78, 5) is 22.7. The topological polar surface area (TPSA) is 81.5 Å². The third-order valence-electron chi connectivity index (χ3n) is 3.90. The molecule has 0 fully saturated rings. The van der Waals surface area contributed by atoms with Crippen LogP contribution in [-0.4, -0.2) is 16.9 Å². The number of rotatable bonds is 6. The summed E-state index contributed by atoms with van der Waals surface area (Å²) in [5.41, 5.74) is 2.84. The molecule has 132 valence electrons. The molecule has 6 heteroatoms. The van der Waals surface area contributed by atoms with E-state index in [1.807, 2.05) is 25.1 Å². The normalized spacial score (nSPS) is 11.9. The van der Waals surface area contributed by atoms with E-state index in [1.54, 1.807) is 6.92 Å². The molecule has 0 aliphatic heterocycles. The average molecular weight is 342 g/mol. The van der Waals surface area contributed by atoms with Gasteiger partial charge in [-0.05, 0) is 43.0 Å². The highest BCUT2D eigenvalue weighted by atomic mass is 16.6. The number of nitrogens with one attached hydrogen (secondary N) is 1. The van der Waals surface area contributed by atoms with Gasteiger partial charge in [-0.3, -0.25) is 14.9 Å². The summed E-state index contributed by atoms with van der Waals surface area (Å²) in [6, 6.07) is 11.6. The first kappa shape index (κ1) is 18.4. The van der Waals surface area contributed by atoms with Crippen molar-refractivity contribution in [1.29, 1.82) is 0 Å². The standard InChI is InChI=1S/C19H22N2O4/c1-12(2)17-7-5-6-13(3)18(17)20-19(22)14(4)25-16-10-8-15(9-11-16)21(23)24/h5-12,14H,1-4H3,(H,20,22)/t14-/m0/s1. The van der Waals surface area contributed by atoms with Gasteiger partial charge in [-0.15, -0.1) is 0 Å². The highest BCUT2D eigenvalue weighted by Gasteiger charge is 2.18. The molecule has 0 bridgehead atoms. The summed E-state index contributed by atoms with van der Waals surface area (Å²) < 4.78 is 5.59. The Morgan fingerprint density at radius 2 is 1.76 bits per heavy atom. The van der Waals surface area contributed by atoms with Crippen LogP contribution >= 0.6 is 0 Å². The zero-order chi connectivity index (χ0) is 18.6. The molecule has 0 aliphatic carbocycles. The van der Waals surface area contributed by atoms with Crippen molar-refractivity contribution in [3.05, 3.63) is 63.7 Å². The Balaban J connectivity index is 2.09. The Bertz CT molecular complexity index is 769. The smallest absolute Gasteiger partial charge is 0.269 e. The van der Waals surface area contributed by atoms with Crippen LogP contribution in [0.2, 0.25) is 0 Å². The minimum absolute atomic E-state index is 0.0223. The van der Waals surface area contributed by atoms with Crippen molar-refractivity contribution < 1.29 is 14.5 Å². The van der Waals surface area contributed by atoms with Gasteiger partial charge in [0.05, 0.1) is 4.92 Å². The predicted molar refractivity (Wildman–Crippen MR) is 97.1 cm³/mol. The van der Waals surface area contributed by atoms with Gasteiger partial charge in [0.1, 0.15) is 5.75 Å². The van der Waals surface area contributed by atoms with Crippen LogP contribution < -0.4 is 10.1 Å². The summed E-state index contributed by atoms with van der Waals surface area (Å²) >= 11 is 0. The quantitative estimate of drug-likeness (QED) is 0.622. The first-order chi connectivity index (χ1) is 11.8. The number of anilines is 1. The number of aryl methyl sites for hydroxylation is 1. The van der Waals surface area contributed by atoms with Crippen LogP contribution in [-0.2, 0) is 4.79 Å². The van der Waals surface area contributed by atoms with Crippen LogP contribution in [0.5, 0.6) is 5.75 Å². The maximum absolute atomic E-state index is 12.5. The SMILES string of the molecule is Cc1cccc(C(C)C)c1NC(=O)[C@H](C)Oc1ccc([N+](=O)[O-])cc1. The van der Waals surface area contributed by atoms with E-state index < -0.39 is 11.0 Å². The molecular formula is C19H22N2O4. The van der Waals surface area contributed by atoms with Gasteiger partial charge >= 0.3 is 0 Å². The number of ether oxygens (including phenoxy) is 1. The molecule has 0 radical (unpaired) electrons. The van der Waals surface area contributed by atoms with Gasteiger partial charge in [-0.2, -0.15) is 0 Å². The maximum atomic E-state index is 12.5. The number of nitro groups is 1. The number of non-ortho nitro benzene ring substituents is 1. The zero-order valence-corrected chi connectivity index (χ0v) is 14.8. The fourth-order valence-corrected chi connectivity index (χ4v) is 2.47. The van der Waals surface area contributed by atoms with Crippen LogP contribution in [0.1, 0.15) is 37.8 Å². The van der Waals surface area contributed by atoms with Crippen molar-refractivity contribution in [2.24, 2.45) is 0 Å². The van der Waals surface area contributed by atoms with Crippen LogP contribution in [0.25, 0.3) is 0 Å². The van der Waals surface area contributed by atoms with E-state index in [-0.39, 0.29) is 17.5 Å². The number of carbonyl (C=O) groups excluding carboxylic acids is 1. The Hall–Kier alpha value is -2.89. The Morgan fingerprint density at radius 1 is 1.12 bits per heavy atom.